The van der Waals surface area contributed by atoms with E-state index in [-0.39, 0.29) is 10.0 Å². The summed E-state index contributed by atoms with van der Waals surface area (Å²) in [5, 5.41) is -0.208. The Morgan fingerprint density at radius 3 is 2.47 bits per heavy atom. The molecule has 1 heterocycles. The van der Waals surface area contributed by atoms with Gasteiger partial charge in [-0.25, -0.2) is 0 Å². The molecule has 1 fully saturated rings. The van der Waals surface area contributed by atoms with Gasteiger partial charge in [-0.15, -0.1) is 0 Å². The number of hydrogen-bond acceptors (Lipinski definition) is 5. The smallest absolute Gasteiger partial charge is 0.284 e. The quantitative estimate of drug-likeness (QED) is 0.784. The number of carbonyl (C=O) groups is 1. The molecule has 4 nitrogen and oxygen atoms in total. The maximum Gasteiger partial charge on any atom is 0.297 e. The van der Waals surface area contributed by atoms with Gasteiger partial charge in [0, 0.05) is 5.75 Å². The lowest BCUT2D eigenvalue weighted by molar-refractivity contribution is -0.116. The Labute approximate surface area is 104 Å². The predicted molar refractivity (Wildman–Crippen MR) is 65.3 cm³/mol. The molecule has 0 saturated carbocycles. The zero-order valence-electron chi connectivity index (χ0n) is 9.25. The van der Waals surface area contributed by atoms with Crippen LogP contribution in [0.5, 0.6) is 0 Å². The minimum Gasteiger partial charge on any atom is -0.284 e. The van der Waals surface area contributed by atoms with Gasteiger partial charge in [0.15, 0.2) is 0 Å². The molecule has 1 saturated heterocycles. The van der Waals surface area contributed by atoms with E-state index in [2.05, 4.69) is 0 Å². The fraction of sp³-hybridized carbons (Fsp3) is 0.364. The van der Waals surface area contributed by atoms with Crippen LogP contribution in [0.4, 0.5) is 0 Å². The van der Waals surface area contributed by atoms with Gasteiger partial charge in [0.05, 0.1) is 4.90 Å². The third-order valence-corrected chi connectivity index (χ3v) is 4.76. The van der Waals surface area contributed by atoms with Crippen molar-refractivity contribution in [2.75, 3.05) is 5.75 Å². The maximum atomic E-state index is 11.9. The van der Waals surface area contributed by atoms with Crippen molar-refractivity contribution in [2.24, 2.45) is 0 Å². The third-order valence-electron chi connectivity index (χ3n) is 2.44. The summed E-state index contributed by atoms with van der Waals surface area (Å²) in [6.45, 7) is 1.87. The molecule has 1 aliphatic heterocycles. The number of thioether (sulfide) groups is 1. The van der Waals surface area contributed by atoms with E-state index >= 15 is 0 Å². The highest BCUT2D eigenvalue weighted by Crippen LogP contribution is 2.26. The summed E-state index contributed by atoms with van der Waals surface area (Å²) in [6, 6.07) is 6.36. The molecular formula is C11H12O4S2. The molecule has 2 rings (SSSR count). The average molecular weight is 272 g/mol. The van der Waals surface area contributed by atoms with Crippen LogP contribution in [0.3, 0.4) is 0 Å². The van der Waals surface area contributed by atoms with Crippen LogP contribution in [0.25, 0.3) is 0 Å². The van der Waals surface area contributed by atoms with Crippen molar-refractivity contribution in [3.8, 4) is 0 Å². The number of aryl methyl sites for hydroxylation is 1. The first kappa shape index (κ1) is 12.6. The van der Waals surface area contributed by atoms with Gasteiger partial charge in [-0.1, -0.05) is 29.5 Å². The minimum absolute atomic E-state index is 0.0906. The molecule has 0 amide bonds. The molecular weight excluding hydrogens is 260 g/mol. The molecule has 0 aliphatic carbocycles. The molecule has 0 spiro atoms. The number of benzene rings is 1. The summed E-state index contributed by atoms with van der Waals surface area (Å²) in [5.41, 5.74) is 0.969. The molecule has 0 bridgehead atoms. The lowest BCUT2D eigenvalue weighted by Crippen LogP contribution is -2.21. The SMILES string of the molecule is Cc1ccc(S(=O)(=O)OC2CCSC2=O)cc1. The lowest BCUT2D eigenvalue weighted by atomic mass is 10.2. The second-order valence-electron chi connectivity index (χ2n) is 3.81. The van der Waals surface area contributed by atoms with Crippen molar-refractivity contribution in [2.45, 2.75) is 24.3 Å². The first-order chi connectivity index (χ1) is 7.99. The van der Waals surface area contributed by atoms with Crippen LogP contribution in [-0.2, 0) is 19.1 Å². The van der Waals surface area contributed by atoms with E-state index in [0.717, 1.165) is 17.3 Å². The van der Waals surface area contributed by atoms with Gasteiger partial charge in [-0.2, -0.15) is 8.42 Å². The van der Waals surface area contributed by atoms with E-state index in [1.54, 1.807) is 12.1 Å². The van der Waals surface area contributed by atoms with Gasteiger partial charge in [0.2, 0.25) is 5.12 Å². The summed E-state index contributed by atoms with van der Waals surface area (Å²) in [4.78, 5) is 11.4. The highest BCUT2D eigenvalue weighted by molar-refractivity contribution is 8.14. The van der Waals surface area contributed by atoms with Crippen molar-refractivity contribution in [1.82, 2.24) is 0 Å². The highest BCUT2D eigenvalue weighted by atomic mass is 32.2. The Bertz CT molecular complexity index is 519. The zero-order chi connectivity index (χ0) is 12.5. The van der Waals surface area contributed by atoms with E-state index in [4.69, 9.17) is 4.18 Å². The van der Waals surface area contributed by atoms with E-state index in [1.165, 1.54) is 12.1 Å². The Morgan fingerprint density at radius 1 is 1.29 bits per heavy atom. The molecule has 0 N–H and O–H groups in total. The highest BCUT2D eigenvalue weighted by Gasteiger charge is 2.31. The molecule has 1 atom stereocenters. The van der Waals surface area contributed by atoms with Gasteiger partial charge in [-0.3, -0.25) is 8.98 Å². The molecule has 92 valence electrons. The van der Waals surface area contributed by atoms with E-state index in [0.29, 0.717) is 12.2 Å². The van der Waals surface area contributed by atoms with Crippen molar-refractivity contribution in [1.29, 1.82) is 0 Å². The van der Waals surface area contributed by atoms with Crippen LogP contribution < -0.4 is 0 Å². The van der Waals surface area contributed by atoms with Gasteiger partial charge in [0.1, 0.15) is 6.10 Å². The predicted octanol–water partition coefficient (Wildman–Crippen LogP) is 1.73. The van der Waals surface area contributed by atoms with Crippen molar-refractivity contribution >= 4 is 27.0 Å². The lowest BCUT2D eigenvalue weighted by Gasteiger charge is -2.09. The van der Waals surface area contributed by atoms with Crippen LogP contribution in [0, 0.1) is 6.92 Å². The molecule has 1 aliphatic rings. The molecule has 1 aromatic rings. The molecule has 1 unspecified atom stereocenters. The fourth-order valence-electron chi connectivity index (χ4n) is 1.48. The molecule has 17 heavy (non-hydrogen) atoms. The van der Waals surface area contributed by atoms with Crippen molar-refractivity contribution in [3.63, 3.8) is 0 Å². The molecule has 0 aromatic heterocycles. The largest absolute Gasteiger partial charge is 0.297 e. The van der Waals surface area contributed by atoms with E-state index < -0.39 is 16.2 Å². The van der Waals surface area contributed by atoms with Crippen LogP contribution in [0.15, 0.2) is 29.2 Å². The maximum absolute atomic E-state index is 11.9. The van der Waals surface area contributed by atoms with Gasteiger partial charge < -0.3 is 0 Å². The first-order valence-electron chi connectivity index (χ1n) is 5.16. The second-order valence-corrected chi connectivity index (χ2v) is 6.48. The first-order valence-corrected chi connectivity index (χ1v) is 7.55. The molecule has 1 aromatic carbocycles. The third kappa shape index (κ3) is 2.88. The Hall–Kier alpha value is -0.850. The Morgan fingerprint density at radius 2 is 1.94 bits per heavy atom. The summed E-state index contributed by atoms with van der Waals surface area (Å²) in [6.07, 6.45) is -0.375. The summed E-state index contributed by atoms with van der Waals surface area (Å²) in [7, 11) is -3.83. The molecule has 6 heteroatoms. The van der Waals surface area contributed by atoms with Gasteiger partial charge in [0.25, 0.3) is 10.1 Å². The van der Waals surface area contributed by atoms with Gasteiger partial charge >= 0.3 is 0 Å². The Kier molecular flexibility index (Phi) is 3.56. The fourth-order valence-corrected chi connectivity index (χ4v) is 3.49. The zero-order valence-corrected chi connectivity index (χ0v) is 10.9. The minimum atomic E-state index is -3.83. The van der Waals surface area contributed by atoms with Crippen LogP contribution in [0.1, 0.15) is 12.0 Å². The monoisotopic (exact) mass is 272 g/mol. The Balaban J connectivity index is 2.19. The number of hydrogen-bond donors (Lipinski definition) is 0. The standard InChI is InChI=1S/C11H12O4S2/c1-8-2-4-9(5-3-8)17(13,14)15-10-6-7-16-11(10)12/h2-5,10H,6-7H2,1H3. The number of carbonyl (C=O) groups excluding carboxylic acids is 1. The van der Waals surface area contributed by atoms with Crippen LogP contribution >= 0.6 is 11.8 Å². The summed E-state index contributed by atoms with van der Waals surface area (Å²) < 4.78 is 28.7. The second kappa shape index (κ2) is 4.80. The summed E-state index contributed by atoms with van der Waals surface area (Å²) >= 11 is 1.12. The van der Waals surface area contributed by atoms with Crippen molar-refractivity contribution in [3.05, 3.63) is 29.8 Å². The van der Waals surface area contributed by atoms with Crippen LogP contribution in [0.2, 0.25) is 0 Å². The molecule has 0 radical (unpaired) electrons. The topological polar surface area (TPSA) is 60.4 Å². The van der Waals surface area contributed by atoms with Crippen LogP contribution in [-0.4, -0.2) is 25.4 Å². The average Bonchev–Trinajstić information content (AvgIpc) is 2.64. The van der Waals surface area contributed by atoms with Gasteiger partial charge in [-0.05, 0) is 25.5 Å². The number of rotatable bonds is 3. The van der Waals surface area contributed by atoms with Crippen molar-refractivity contribution < 1.29 is 17.4 Å². The normalized spacial score (nSPS) is 20.8. The van der Waals surface area contributed by atoms with E-state index in [9.17, 15) is 13.2 Å². The summed E-state index contributed by atoms with van der Waals surface area (Å²) in [5.74, 6) is 0.618. The van der Waals surface area contributed by atoms with E-state index in [1.807, 2.05) is 6.92 Å².